The second-order valence-corrected chi connectivity index (χ2v) is 8.16. The number of nitrogens with zero attached hydrogens (tertiary/aromatic N) is 3. The van der Waals surface area contributed by atoms with Crippen molar-refractivity contribution in [2.24, 2.45) is 5.11 Å². The molecule has 0 radical (unpaired) electrons. The molecular formula is C23H27N3O5. The van der Waals surface area contributed by atoms with E-state index in [0.717, 1.165) is 11.1 Å². The average molecular weight is 425 g/mol. The molecule has 0 aliphatic carbocycles. The molecule has 2 aliphatic rings. The molecule has 2 aromatic rings. The lowest BCUT2D eigenvalue weighted by atomic mass is 9.95. The third-order valence-electron chi connectivity index (χ3n) is 5.41. The fourth-order valence-electron chi connectivity index (χ4n) is 3.93. The van der Waals surface area contributed by atoms with E-state index in [1.165, 1.54) is 0 Å². The number of rotatable bonds is 7. The maximum absolute atomic E-state index is 9.11. The van der Waals surface area contributed by atoms with E-state index < -0.39 is 29.8 Å². The Morgan fingerprint density at radius 3 is 2.13 bits per heavy atom. The van der Waals surface area contributed by atoms with Gasteiger partial charge in [0.1, 0.15) is 18.8 Å². The quantitative estimate of drug-likeness (QED) is 0.373. The summed E-state index contributed by atoms with van der Waals surface area (Å²) in [5.74, 6) is -1.98. The van der Waals surface area contributed by atoms with Gasteiger partial charge in [-0.3, -0.25) is 0 Å². The van der Waals surface area contributed by atoms with Crippen LogP contribution in [0.3, 0.4) is 0 Å². The molecule has 2 fully saturated rings. The second kappa shape index (κ2) is 9.36. The van der Waals surface area contributed by atoms with Crippen LogP contribution in [-0.2, 0) is 36.9 Å². The molecule has 2 heterocycles. The minimum atomic E-state index is -1.15. The van der Waals surface area contributed by atoms with Crippen LogP contribution in [0.1, 0.15) is 25.0 Å². The van der Waals surface area contributed by atoms with Crippen molar-refractivity contribution in [1.82, 2.24) is 0 Å². The Kier molecular flexibility index (Phi) is 6.57. The van der Waals surface area contributed by atoms with Crippen LogP contribution in [0.25, 0.3) is 10.4 Å². The molecule has 4 atom stereocenters. The first kappa shape index (κ1) is 21.8. The summed E-state index contributed by atoms with van der Waals surface area (Å²) in [6.07, 6.45) is -1.24. The lowest BCUT2D eigenvalue weighted by Crippen LogP contribution is -2.63. The number of azide groups is 1. The Bertz CT molecular complexity index is 904. The third-order valence-corrected chi connectivity index (χ3v) is 5.41. The van der Waals surface area contributed by atoms with Crippen LogP contribution in [0.4, 0.5) is 0 Å². The van der Waals surface area contributed by atoms with Gasteiger partial charge in [-0.2, -0.15) is 0 Å². The summed E-state index contributed by atoms with van der Waals surface area (Å²) in [6.45, 7) is 4.67. The molecule has 0 saturated carbocycles. The highest BCUT2D eigenvalue weighted by Crippen LogP contribution is 2.41. The first-order valence-corrected chi connectivity index (χ1v) is 10.3. The minimum absolute atomic E-state index is 0.147. The van der Waals surface area contributed by atoms with Gasteiger partial charge in [0.05, 0.1) is 25.9 Å². The number of hydrogen-bond acceptors (Lipinski definition) is 6. The zero-order valence-electron chi connectivity index (χ0n) is 17.7. The Labute approximate surface area is 181 Å². The van der Waals surface area contributed by atoms with Crippen LogP contribution in [0, 0.1) is 0 Å². The van der Waals surface area contributed by atoms with Crippen molar-refractivity contribution in [2.75, 3.05) is 13.2 Å². The number of hydrogen-bond donors (Lipinski definition) is 0. The minimum Gasteiger partial charge on any atom is -0.370 e. The summed E-state index contributed by atoms with van der Waals surface area (Å²) in [6, 6.07) is 19.1. The molecular weight excluding hydrogens is 398 g/mol. The molecule has 0 bridgehead atoms. The molecule has 31 heavy (non-hydrogen) atoms. The molecule has 0 amide bonds. The molecule has 0 unspecified atom stereocenters. The summed E-state index contributed by atoms with van der Waals surface area (Å²) < 4.78 is 30.8. The van der Waals surface area contributed by atoms with Crippen LogP contribution in [-0.4, -0.2) is 43.0 Å². The van der Waals surface area contributed by atoms with Gasteiger partial charge in [-0.05, 0) is 30.5 Å². The fourth-order valence-corrected chi connectivity index (χ4v) is 3.93. The van der Waals surface area contributed by atoms with Crippen molar-refractivity contribution in [3.8, 4) is 0 Å². The SMILES string of the molecule is CC1(C)OC[C@]2(OC[C@H](N=[N+]=[N-])[C@@H](OCc3ccccc3)[C@H]2OCc2ccccc2)O1. The van der Waals surface area contributed by atoms with E-state index in [9.17, 15) is 0 Å². The van der Waals surface area contributed by atoms with Crippen molar-refractivity contribution >= 4 is 0 Å². The summed E-state index contributed by atoms with van der Waals surface area (Å²) in [5.41, 5.74) is 11.1. The fraction of sp³-hybridized carbons (Fsp3) is 0.478. The van der Waals surface area contributed by atoms with E-state index in [1.807, 2.05) is 74.5 Å². The van der Waals surface area contributed by atoms with Crippen molar-refractivity contribution in [1.29, 1.82) is 0 Å². The van der Waals surface area contributed by atoms with Crippen molar-refractivity contribution in [3.05, 3.63) is 82.2 Å². The molecule has 0 aromatic heterocycles. The molecule has 8 nitrogen and oxygen atoms in total. The zero-order chi connectivity index (χ0) is 21.7. The van der Waals surface area contributed by atoms with Crippen LogP contribution in [0.15, 0.2) is 65.8 Å². The van der Waals surface area contributed by atoms with Crippen molar-refractivity contribution in [2.45, 2.75) is 56.9 Å². The molecule has 4 rings (SSSR count). The van der Waals surface area contributed by atoms with E-state index in [1.54, 1.807) is 0 Å². The van der Waals surface area contributed by atoms with Crippen molar-refractivity contribution < 1.29 is 23.7 Å². The monoisotopic (exact) mass is 425 g/mol. The molecule has 164 valence electrons. The second-order valence-electron chi connectivity index (χ2n) is 8.16. The van der Waals surface area contributed by atoms with Crippen molar-refractivity contribution in [3.63, 3.8) is 0 Å². The van der Waals surface area contributed by atoms with Gasteiger partial charge in [0.25, 0.3) is 0 Å². The molecule has 2 saturated heterocycles. The van der Waals surface area contributed by atoms with Gasteiger partial charge in [0.15, 0.2) is 5.79 Å². The largest absolute Gasteiger partial charge is 0.370 e. The first-order chi connectivity index (χ1) is 15.0. The van der Waals surface area contributed by atoms with Gasteiger partial charge in [0, 0.05) is 4.91 Å². The van der Waals surface area contributed by atoms with Gasteiger partial charge in [-0.25, -0.2) is 0 Å². The van der Waals surface area contributed by atoms with Crippen LogP contribution >= 0.6 is 0 Å². The normalized spacial score (nSPS) is 29.5. The Morgan fingerprint density at radius 2 is 1.58 bits per heavy atom. The number of benzene rings is 2. The van der Waals surface area contributed by atoms with Crippen LogP contribution in [0.2, 0.25) is 0 Å². The molecule has 2 aliphatic heterocycles. The van der Waals surface area contributed by atoms with E-state index >= 15 is 0 Å². The molecule has 2 aromatic carbocycles. The van der Waals surface area contributed by atoms with E-state index in [0.29, 0.717) is 13.2 Å². The topological polar surface area (TPSA) is 94.9 Å². The van der Waals surface area contributed by atoms with Gasteiger partial charge < -0.3 is 23.7 Å². The summed E-state index contributed by atoms with van der Waals surface area (Å²) >= 11 is 0. The van der Waals surface area contributed by atoms with Crippen LogP contribution < -0.4 is 0 Å². The van der Waals surface area contributed by atoms with E-state index in [4.69, 9.17) is 29.2 Å². The van der Waals surface area contributed by atoms with E-state index in [-0.39, 0.29) is 13.2 Å². The highest BCUT2D eigenvalue weighted by atomic mass is 16.8. The van der Waals surface area contributed by atoms with Gasteiger partial charge in [0.2, 0.25) is 5.79 Å². The Hall–Kier alpha value is -2.45. The highest BCUT2D eigenvalue weighted by molar-refractivity contribution is 5.15. The standard InChI is InChI=1S/C23H27N3O5/c1-22(2)30-16-23(31-22)21(28-14-18-11-7-4-8-12-18)20(19(15-29-23)25-26-24)27-13-17-9-5-3-6-10-17/h3-12,19-21H,13-16H2,1-2H3/t19-,20+,21+,23-/m0/s1. The predicted octanol–water partition coefficient (Wildman–Crippen LogP) is 4.35. The zero-order valence-corrected chi connectivity index (χ0v) is 17.7. The van der Waals surface area contributed by atoms with Gasteiger partial charge in [-0.1, -0.05) is 65.8 Å². The van der Waals surface area contributed by atoms with Gasteiger partial charge >= 0.3 is 0 Å². The first-order valence-electron chi connectivity index (χ1n) is 10.3. The molecule has 0 N–H and O–H groups in total. The Morgan fingerprint density at radius 1 is 0.968 bits per heavy atom. The lowest BCUT2D eigenvalue weighted by Gasteiger charge is -2.46. The number of ether oxygens (including phenoxy) is 5. The average Bonchev–Trinajstić information content (AvgIpc) is 3.09. The van der Waals surface area contributed by atoms with Crippen LogP contribution in [0.5, 0.6) is 0 Å². The Balaban J connectivity index is 1.61. The van der Waals surface area contributed by atoms with E-state index in [2.05, 4.69) is 10.0 Å². The molecule has 1 spiro atoms. The third kappa shape index (κ3) is 5.07. The maximum atomic E-state index is 9.11. The highest BCUT2D eigenvalue weighted by Gasteiger charge is 2.59. The molecule has 8 heteroatoms. The smallest absolute Gasteiger partial charge is 0.224 e. The predicted molar refractivity (Wildman–Crippen MR) is 113 cm³/mol. The lowest BCUT2D eigenvalue weighted by molar-refractivity contribution is -0.338. The summed E-state index contributed by atoms with van der Waals surface area (Å²) in [5, 5.41) is 3.93. The van der Waals surface area contributed by atoms with Gasteiger partial charge in [-0.15, -0.1) is 0 Å². The maximum Gasteiger partial charge on any atom is 0.224 e. The summed E-state index contributed by atoms with van der Waals surface area (Å²) in [4.78, 5) is 3.00. The summed E-state index contributed by atoms with van der Waals surface area (Å²) in [7, 11) is 0.